The van der Waals surface area contributed by atoms with E-state index in [2.05, 4.69) is 15.6 Å². The molecule has 0 spiro atoms. The molecule has 20 heavy (non-hydrogen) atoms. The zero-order chi connectivity index (χ0) is 13.5. The molecule has 1 aromatic rings. The Hall–Kier alpha value is -0.940. The Bertz CT molecular complexity index is 454. The molecule has 0 unspecified atom stereocenters. The summed E-state index contributed by atoms with van der Waals surface area (Å²) in [5.74, 6) is 1.78. The van der Waals surface area contributed by atoms with Gasteiger partial charge in [-0.1, -0.05) is 11.6 Å². The molecule has 0 saturated heterocycles. The topological polar surface area (TPSA) is 45.6 Å². The van der Waals surface area contributed by atoms with Gasteiger partial charge in [-0.3, -0.25) is 4.99 Å². The highest BCUT2D eigenvalue weighted by atomic mass is 79.9. The SMILES string of the molecule is Br.COc1ccc(Cl)cc1CCNC1=NCCCCN1. The minimum absolute atomic E-state index is 0. The monoisotopic (exact) mass is 361 g/mol. The smallest absolute Gasteiger partial charge is 0.191 e. The molecule has 2 N–H and O–H groups in total. The Morgan fingerprint density at radius 2 is 2.25 bits per heavy atom. The minimum atomic E-state index is 0. The predicted molar refractivity (Wildman–Crippen MR) is 89.6 cm³/mol. The van der Waals surface area contributed by atoms with Gasteiger partial charge in [-0.05, 0) is 43.0 Å². The Labute approximate surface area is 135 Å². The molecule has 0 atom stereocenters. The maximum absolute atomic E-state index is 6.01. The zero-order valence-corrected chi connectivity index (χ0v) is 14.1. The average molecular weight is 363 g/mol. The van der Waals surface area contributed by atoms with Crippen LogP contribution in [0.5, 0.6) is 5.75 Å². The van der Waals surface area contributed by atoms with Crippen LogP contribution in [0.1, 0.15) is 18.4 Å². The van der Waals surface area contributed by atoms with Crippen LogP contribution >= 0.6 is 28.6 Å². The van der Waals surface area contributed by atoms with Gasteiger partial charge in [-0.25, -0.2) is 0 Å². The van der Waals surface area contributed by atoms with E-state index >= 15 is 0 Å². The van der Waals surface area contributed by atoms with Crippen LogP contribution in [0.3, 0.4) is 0 Å². The van der Waals surface area contributed by atoms with E-state index in [-0.39, 0.29) is 17.0 Å². The second kappa shape index (κ2) is 9.08. The van der Waals surface area contributed by atoms with Crippen LogP contribution in [0, 0.1) is 0 Å². The first kappa shape index (κ1) is 17.1. The number of ether oxygens (including phenoxy) is 1. The van der Waals surface area contributed by atoms with Gasteiger partial charge >= 0.3 is 0 Å². The number of hydrogen-bond donors (Lipinski definition) is 2. The summed E-state index contributed by atoms with van der Waals surface area (Å²) >= 11 is 6.01. The summed E-state index contributed by atoms with van der Waals surface area (Å²) in [6.45, 7) is 2.70. The number of guanidine groups is 1. The van der Waals surface area contributed by atoms with Crippen molar-refractivity contribution in [2.75, 3.05) is 26.7 Å². The average Bonchev–Trinajstić information content (AvgIpc) is 2.68. The van der Waals surface area contributed by atoms with Gasteiger partial charge in [0, 0.05) is 24.7 Å². The van der Waals surface area contributed by atoms with Crippen LogP contribution in [0.15, 0.2) is 23.2 Å². The molecule has 1 aromatic carbocycles. The van der Waals surface area contributed by atoms with E-state index in [1.54, 1.807) is 7.11 Å². The van der Waals surface area contributed by atoms with Gasteiger partial charge in [0.1, 0.15) is 5.75 Å². The van der Waals surface area contributed by atoms with Crippen molar-refractivity contribution in [2.45, 2.75) is 19.3 Å². The van der Waals surface area contributed by atoms with E-state index in [0.29, 0.717) is 0 Å². The third kappa shape index (κ3) is 5.21. The molecule has 0 saturated carbocycles. The van der Waals surface area contributed by atoms with Crippen LogP contribution in [-0.2, 0) is 6.42 Å². The Balaban J connectivity index is 0.00000200. The minimum Gasteiger partial charge on any atom is -0.496 e. The molecule has 0 radical (unpaired) electrons. The molecule has 1 aliphatic heterocycles. The van der Waals surface area contributed by atoms with Crippen LogP contribution in [0.2, 0.25) is 5.02 Å². The summed E-state index contributed by atoms with van der Waals surface area (Å²) in [6, 6.07) is 5.69. The van der Waals surface area contributed by atoms with E-state index < -0.39 is 0 Å². The predicted octanol–water partition coefficient (Wildman–Crippen LogP) is 2.80. The number of rotatable bonds is 4. The number of halogens is 2. The molecule has 0 aromatic heterocycles. The third-order valence-corrected chi connectivity index (χ3v) is 3.31. The highest BCUT2D eigenvalue weighted by Crippen LogP contribution is 2.22. The molecule has 1 aliphatic rings. The standard InChI is InChI=1S/C14H20ClN3O.BrH/c1-19-13-5-4-12(15)10-11(13)6-9-18-14-16-7-2-3-8-17-14;/h4-5,10H,2-3,6-9H2,1H3,(H2,16,17,18);1H. The number of nitrogens with zero attached hydrogens (tertiary/aromatic N) is 1. The van der Waals surface area contributed by atoms with Gasteiger partial charge in [-0.2, -0.15) is 0 Å². The molecule has 0 bridgehead atoms. The first-order valence-corrected chi connectivity index (χ1v) is 7.02. The van der Waals surface area contributed by atoms with Crippen molar-refractivity contribution in [3.63, 3.8) is 0 Å². The Morgan fingerprint density at radius 1 is 1.40 bits per heavy atom. The van der Waals surface area contributed by atoms with Crippen molar-refractivity contribution in [2.24, 2.45) is 4.99 Å². The van der Waals surface area contributed by atoms with Crippen molar-refractivity contribution in [1.82, 2.24) is 10.6 Å². The summed E-state index contributed by atoms with van der Waals surface area (Å²) in [5.41, 5.74) is 1.11. The third-order valence-electron chi connectivity index (χ3n) is 3.08. The van der Waals surface area contributed by atoms with Crippen molar-refractivity contribution in [1.29, 1.82) is 0 Å². The van der Waals surface area contributed by atoms with Crippen molar-refractivity contribution < 1.29 is 4.74 Å². The quantitative estimate of drug-likeness (QED) is 0.866. The molecule has 0 amide bonds. The van der Waals surface area contributed by atoms with Crippen molar-refractivity contribution in [3.05, 3.63) is 28.8 Å². The molecule has 0 fully saturated rings. The van der Waals surface area contributed by atoms with Gasteiger partial charge in [0.25, 0.3) is 0 Å². The number of nitrogens with one attached hydrogen (secondary N) is 2. The summed E-state index contributed by atoms with van der Waals surface area (Å²) in [7, 11) is 1.68. The number of aliphatic imine (C=N–C) groups is 1. The van der Waals surface area contributed by atoms with E-state index in [1.807, 2.05) is 18.2 Å². The Kier molecular flexibility index (Phi) is 7.77. The van der Waals surface area contributed by atoms with Crippen molar-refractivity contribution >= 4 is 34.5 Å². The lowest BCUT2D eigenvalue weighted by molar-refractivity contribution is 0.409. The number of benzene rings is 1. The summed E-state index contributed by atoms with van der Waals surface area (Å²) in [4.78, 5) is 4.45. The molecule has 112 valence electrons. The van der Waals surface area contributed by atoms with Gasteiger partial charge in [0.05, 0.1) is 7.11 Å². The summed E-state index contributed by atoms with van der Waals surface area (Å²) in [6.07, 6.45) is 3.18. The molecule has 1 heterocycles. The van der Waals surface area contributed by atoms with Crippen LogP contribution in [-0.4, -0.2) is 32.7 Å². The highest BCUT2D eigenvalue weighted by molar-refractivity contribution is 8.93. The van der Waals surface area contributed by atoms with Crippen molar-refractivity contribution in [3.8, 4) is 5.75 Å². The van der Waals surface area contributed by atoms with Gasteiger partial charge in [-0.15, -0.1) is 17.0 Å². The van der Waals surface area contributed by atoms with Crippen LogP contribution in [0.4, 0.5) is 0 Å². The molecular weight excluding hydrogens is 342 g/mol. The fraction of sp³-hybridized carbons (Fsp3) is 0.500. The number of methoxy groups -OCH3 is 1. The van der Waals surface area contributed by atoms with Gasteiger partial charge in [0.15, 0.2) is 5.96 Å². The van der Waals surface area contributed by atoms with Crippen LogP contribution in [0.25, 0.3) is 0 Å². The second-order valence-electron chi connectivity index (χ2n) is 4.50. The maximum Gasteiger partial charge on any atom is 0.191 e. The van der Waals surface area contributed by atoms with Crippen LogP contribution < -0.4 is 15.4 Å². The lowest BCUT2D eigenvalue weighted by Gasteiger charge is -2.12. The summed E-state index contributed by atoms with van der Waals surface area (Å²) in [5, 5.41) is 7.35. The fourth-order valence-corrected chi connectivity index (χ4v) is 2.26. The van der Waals surface area contributed by atoms with E-state index in [4.69, 9.17) is 16.3 Å². The van der Waals surface area contributed by atoms with Gasteiger partial charge in [0.2, 0.25) is 0 Å². The first-order valence-electron chi connectivity index (χ1n) is 6.64. The summed E-state index contributed by atoms with van der Waals surface area (Å²) < 4.78 is 5.33. The molecule has 2 rings (SSSR count). The second-order valence-corrected chi connectivity index (χ2v) is 4.93. The highest BCUT2D eigenvalue weighted by Gasteiger charge is 2.05. The molecular formula is C14H21BrClN3O. The molecule has 4 nitrogen and oxygen atoms in total. The van der Waals surface area contributed by atoms with E-state index in [0.717, 1.165) is 54.8 Å². The fourth-order valence-electron chi connectivity index (χ4n) is 2.07. The molecule has 6 heteroatoms. The van der Waals surface area contributed by atoms with Gasteiger partial charge < -0.3 is 15.4 Å². The normalized spacial score (nSPS) is 14.4. The zero-order valence-electron chi connectivity index (χ0n) is 11.6. The largest absolute Gasteiger partial charge is 0.496 e. The Morgan fingerprint density at radius 3 is 3.05 bits per heavy atom. The number of hydrogen-bond acceptors (Lipinski definition) is 4. The maximum atomic E-state index is 6.01. The van der Waals surface area contributed by atoms with E-state index in [1.165, 1.54) is 6.42 Å². The first-order chi connectivity index (χ1) is 9.29. The lowest BCUT2D eigenvalue weighted by Crippen LogP contribution is -2.38. The molecule has 0 aliphatic carbocycles. The van der Waals surface area contributed by atoms with E-state index in [9.17, 15) is 0 Å². The lowest BCUT2D eigenvalue weighted by atomic mass is 10.1.